The van der Waals surface area contributed by atoms with Crippen LogP contribution in [0.15, 0.2) is 55.0 Å². The molecule has 0 radical (unpaired) electrons. The molecular formula is C19H17N3O3. The second-order valence-corrected chi connectivity index (χ2v) is 5.65. The van der Waals surface area contributed by atoms with Gasteiger partial charge in [0.05, 0.1) is 29.5 Å². The van der Waals surface area contributed by atoms with Crippen LogP contribution in [0.4, 0.5) is 0 Å². The van der Waals surface area contributed by atoms with Gasteiger partial charge < -0.3 is 14.7 Å². The molecule has 0 atom stereocenters. The summed E-state index contributed by atoms with van der Waals surface area (Å²) in [6, 6.07) is 13.4. The van der Waals surface area contributed by atoms with Crippen molar-refractivity contribution < 1.29 is 14.7 Å². The Morgan fingerprint density at radius 1 is 1.04 bits per heavy atom. The third kappa shape index (κ3) is 2.77. The predicted octanol–water partition coefficient (Wildman–Crippen LogP) is 3.51. The minimum Gasteiger partial charge on any atom is -0.491 e. The maximum Gasteiger partial charge on any atom is 0.121 e. The Hall–Kier alpha value is -3.12. The second-order valence-electron chi connectivity index (χ2n) is 5.65. The summed E-state index contributed by atoms with van der Waals surface area (Å²) in [5.41, 5.74) is 3.16. The maximum atomic E-state index is 10.1. The molecule has 0 spiro atoms. The fourth-order valence-electron chi connectivity index (χ4n) is 2.94. The molecule has 0 amide bonds. The molecule has 25 heavy (non-hydrogen) atoms. The standard InChI is InChI=1S/C19H17N3O3/c1-24-8-9-25-13-6-7-15-17(10-13)20-12-21-19(15)16-11-22(23)18-5-3-2-4-14(16)18/h2-7,10-12,23H,8-9H2,1H3. The van der Waals surface area contributed by atoms with E-state index in [9.17, 15) is 5.21 Å². The SMILES string of the molecule is COCCOc1ccc2c(-c3cn(O)c4ccccc34)ncnc2c1. The van der Waals surface area contributed by atoms with Crippen molar-refractivity contribution in [2.24, 2.45) is 0 Å². The van der Waals surface area contributed by atoms with Crippen molar-refractivity contribution in [2.75, 3.05) is 20.3 Å². The summed E-state index contributed by atoms with van der Waals surface area (Å²) in [6.45, 7) is 1.01. The molecule has 0 saturated heterocycles. The van der Waals surface area contributed by atoms with Gasteiger partial charge in [-0.05, 0) is 18.2 Å². The Kier molecular flexibility index (Phi) is 3.95. The van der Waals surface area contributed by atoms with E-state index in [0.717, 1.165) is 43.5 Å². The van der Waals surface area contributed by atoms with Crippen LogP contribution in [0.1, 0.15) is 0 Å². The van der Waals surface area contributed by atoms with Crippen LogP contribution < -0.4 is 4.74 Å². The number of hydrogen-bond acceptors (Lipinski definition) is 5. The van der Waals surface area contributed by atoms with E-state index >= 15 is 0 Å². The zero-order valence-electron chi connectivity index (χ0n) is 13.7. The molecule has 0 unspecified atom stereocenters. The number of benzene rings is 2. The molecule has 0 fully saturated rings. The normalized spacial score (nSPS) is 11.2. The molecule has 0 saturated carbocycles. The van der Waals surface area contributed by atoms with Crippen LogP contribution in [0.25, 0.3) is 33.1 Å². The van der Waals surface area contributed by atoms with Gasteiger partial charge in [0.1, 0.15) is 18.7 Å². The highest BCUT2D eigenvalue weighted by molar-refractivity contribution is 6.02. The minimum atomic E-state index is 0.484. The average Bonchev–Trinajstić information content (AvgIpc) is 2.98. The first-order valence-electron chi connectivity index (χ1n) is 7.94. The summed E-state index contributed by atoms with van der Waals surface area (Å²) >= 11 is 0. The van der Waals surface area contributed by atoms with Gasteiger partial charge in [0.25, 0.3) is 0 Å². The van der Waals surface area contributed by atoms with Crippen molar-refractivity contribution in [2.45, 2.75) is 0 Å². The molecular weight excluding hydrogens is 318 g/mol. The van der Waals surface area contributed by atoms with Crippen LogP contribution in [0.3, 0.4) is 0 Å². The molecule has 0 aliphatic carbocycles. The summed E-state index contributed by atoms with van der Waals surface area (Å²) < 4.78 is 11.8. The van der Waals surface area contributed by atoms with Gasteiger partial charge in [-0.3, -0.25) is 0 Å². The fraction of sp³-hybridized carbons (Fsp3) is 0.158. The molecule has 2 heterocycles. The molecule has 0 aliphatic rings. The van der Waals surface area contributed by atoms with Crippen LogP contribution >= 0.6 is 0 Å². The van der Waals surface area contributed by atoms with Crippen molar-refractivity contribution in [3.63, 3.8) is 0 Å². The summed E-state index contributed by atoms with van der Waals surface area (Å²) in [6.07, 6.45) is 3.20. The zero-order valence-corrected chi connectivity index (χ0v) is 13.7. The van der Waals surface area contributed by atoms with Gasteiger partial charge in [-0.1, -0.05) is 18.2 Å². The number of hydrogen-bond donors (Lipinski definition) is 1. The van der Waals surface area contributed by atoms with E-state index in [-0.39, 0.29) is 0 Å². The van der Waals surface area contributed by atoms with E-state index in [0.29, 0.717) is 13.2 Å². The number of fused-ring (bicyclic) bond motifs is 2. The zero-order chi connectivity index (χ0) is 17.2. The van der Waals surface area contributed by atoms with E-state index in [4.69, 9.17) is 9.47 Å². The fourth-order valence-corrected chi connectivity index (χ4v) is 2.94. The Morgan fingerprint density at radius 2 is 1.92 bits per heavy atom. The van der Waals surface area contributed by atoms with Gasteiger partial charge in [-0.15, -0.1) is 0 Å². The summed E-state index contributed by atoms with van der Waals surface area (Å²) in [7, 11) is 1.64. The number of methoxy groups -OCH3 is 1. The highest BCUT2D eigenvalue weighted by atomic mass is 16.5. The van der Waals surface area contributed by atoms with E-state index in [1.54, 1.807) is 13.3 Å². The van der Waals surface area contributed by atoms with Crippen molar-refractivity contribution >= 4 is 21.8 Å². The van der Waals surface area contributed by atoms with Gasteiger partial charge in [0, 0.05) is 29.5 Å². The van der Waals surface area contributed by atoms with Gasteiger partial charge in [-0.2, -0.15) is 4.73 Å². The lowest BCUT2D eigenvalue weighted by Crippen LogP contribution is -2.04. The lowest BCUT2D eigenvalue weighted by atomic mass is 10.1. The van der Waals surface area contributed by atoms with Gasteiger partial charge >= 0.3 is 0 Å². The van der Waals surface area contributed by atoms with Crippen LogP contribution in [0.2, 0.25) is 0 Å². The number of aromatic nitrogens is 3. The largest absolute Gasteiger partial charge is 0.491 e. The van der Waals surface area contributed by atoms with Crippen molar-refractivity contribution in [1.29, 1.82) is 0 Å². The van der Waals surface area contributed by atoms with Crippen LogP contribution in [-0.2, 0) is 4.74 Å². The lowest BCUT2D eigenvalue weighted by Gasteiger charge is -2.08. The number of ether oxygens (including phenoxy) is 2. The van der Waals surface area contributed by atoms with Crippen LogP contribution in [0.5, 0.6) is 5.75 Å². The minimum absolute atomic E-state index is 0.484. The molecule has 6 nitrogen and oxygen atoms in total. The van der Waals surface area contributed by atoms with Crippen molar-refractivity contribution in [3.05, 3.63) is 55.0 Å². The van der Waals surface area contributed by atoms with Gasteiger partial charge in [-0.25, -0.2) is 9.97 Å². The third-order valence-corrected chi connectivity index (χ3v) is 4.11. The first-order chi connectivity index (χ1) is 12.3. The third-order valence-electron chi connectivity index (χ3n) is 4.11. The Morgan fingerprint density at radius 3 is 2.80 bits per heavy atom. The lowest BCUT2D eigenvalue weighted by molar-refractivity contribution is 0.146. The van der Waals surface area contributed by atoms with Crippen LogP contribution in [0, 0.1) is 0 Å². The Labute approximate surface area is 144 Å². The van der Waals surface area contributed by atoms with Gasteiger partial charge in [0.2, 0.25) is 0 Å². The monoisotopic (exact) mass is 335 g/mol. The van der Waals surface area contributed by atoms with E-state index in [2.05, 4.69) is 9.97 Å². The molecule has 6 heteroatoms. The highest BCUT2D eigenvalue weighted by Crippen LogP contribution is 2.33. The smallest absolute Gasteiger partial charge is 0.121 e. The molecule has 0 bridgehead atoms. The topological polar surface area (TPSA) is 69.4 Å². The molecule has 2 aromatic carbocycles. The first kappa shape index (κ1) is 15.4. The highest BCUT2D eigenvalue weighted by Gasteiger charge is 2.14. The first-order valence-corrected chi connectivity index (χ1v) is 7.94. The molecule has 2 aromatic heterocycles. The maximum absolute atomic E-state index is 10.1. The second kappa shape index (κ2) is 6.41. The molecule has 1 N–H and O–H groups in total. The quantitative estimate of drug-likeness (QED) is 0.446. The summed E-state index contributed by atoms with van der Waals surface area (Å²) in [5, 5.41) is 12.0. The summed E-state index contributed by atoms with van der Waals surface area (Å²) in [4.78, 5) is 8.80. The van der Waals surface area contributed by atoms with Crippen molar-refractivity contribution in [3.8, 4) is 17.0 Å². The van der Waals surface area contributed by atoms with Crippen LogP contribution in [-0.4, -0.2) is 40.2 Å². The number of para-hydroxylation sites is 1. The molecule has 4 aromatic rings. The van der Waals surface area contributed by atoms with Gasteiger partial charge in [0.15, 0.2) is 0 Å². The Balaban J connectivity index is 1.82. The molecule has 126 valence electrons. The number of nitrogens with zero attached hydrogens (tertiary/aromatic N) is 3. The number of rotatable bonds is 5. The van der Waals surface area contributed by atoms with E-state index in [1.807, 2.05) is 42.5 Å². The molecule has 4 rings (SSSR count). The van der Waals surface area contributed by atoms with E-state index < -0.39 is 0 Å². The predicted molar refractivity (Wildman–Crippen MR) is 95.0 cm³/mol. The Bertz CT molecular complexity index is 1040. The average molecular weight is 335 g/mol. The summed E-state index contributed by atoms with van der Waals surface area (Å²) in [5.74, 6) is 0.735. The molecule has 0 aliphatic heterocycles. The van der Waals surface area contributed by atoms with Crippen molar-refractivity contribution in [1.82, 2.24) is 14.7 Å². The van der Waals surface area contributed by atoms with E-state index in [1.165, 1.54) is 6.33 Å².